The van der Waals surface area contributed by atoms with Crippen LogP contribution < -0.4 is 20.9 Å². The Hall–Kier alpha value is -5.18. The lowest BCUT2D eigenvalue weighted by Crippen LogP contribution is -2.11. The third-order valence-corrected chi connectivity index (χ3v) is 5.51. The Morgan fingerprint density at radius 3 is 2.39 bits per heavy atom. The van der Waals surface area contributed by atoms with Gasteiger partial charge in [0.15, 0.2) is 0 Å². The summed E-state index contributed by atoms with van der Waals surface area (Å²) in [6.45, 7) is 0. The van der Waals surface area contributed by atoms with Crippen molar-refractivity contribution in [1.29, 1.82) is 0 Å². The highest BCUT2D eigenvalue weighted by Gasteiger charge is 2.13. The van der Waals surface area contributed by atoms with Crippen molar-refractivity contribution >= 4 is 50.9 Å². The van der Waals surface area contributed by atoms with Gasteiger partial charge in [0.05, 0.1) is 18.2 Å². The summed E-state index contributed by atoms with van der Waals surface area (Å²) in [6, 6.07) is 22.8. The zero-order chi connectivity index (χ0) is 25.1. The molecule has 1 amide bonds. The largest absolute Gasteiger partial charge is 0.513 e. The van der Waals surface area contributed by atoms with Gasteiger partial charge in [-0.05, 0) is 60.7 Å². The third kappa shape index (κ3) is 4.58. The van der Waals surface area contributed by atoms with E-state index in [4.69, 9.17) is 4.74 Å². The maximum Gasteiger partial charge on any atom is 0.513 e. The standard InChI is InChI=1S/C27H20N4O5/c1-35-27(34)36-19-11-12-20-21(15-19)26(33)31-24-23(20)22(13-14-28-24)29-17-7-9-18(10-8-17)30-25(32)16-5-3-2-4-6-16/h2-15H,1H3,(H,30,32)(H2,28,29,31,33). The number of pyridine rings is 2. The van der Waals surface area contributed by atoms with Gasteiger partial charge in [0.2, 0.25) is 0 Å². The van der Waals surface area contributed by atoms with E-state index in [1.807, 2.05) is 30.3 Å². The number of aromatic amines is 1. The minimum atomic E-state index is -0.876. The third-order valence-electron chi connectivity index (χ3n) is 5.51. The molecule has 0 aliphatic carbocycles. The number of H-pyrrole nitrogens is 1. The van der Waals surface area contributed by atoms with Crippen LogP contribution in [0.3, 0.4) is 0 Å². The molecule has 2 heterocycles. The molecule has 2 aromatic heterocycles. The number of ether oxygens (including phenoxy) is 2. The topological polar surface area (TPSA) is 122 Å². The first-order chi connectivity index (χ1) is 17.5. The number of amides is 1. The van der Waals surface area contributed by atoms with Crippen LogP contribution in [0.4, 0.5) is 21.9 Å². The van der Waals surface area contributed by atoms with Crippen molar-refractivity contribution in [2.24, 2.45) is 0 Å². The van der Waals surface area contributed by atoms with E-state index in [1.54, 1.807) is 48.7 Å². The summed E-state index contributed by atoms with van der Waals surface area (Å²) in [6.07, 6.45) is 0.717. The van der Waals surface area contributed by atoms with Crippen LogP contribution in [0.25, 0.3) is 21.8 Å². The maximum atomic E-state index is 12.7. The molecule has 0 atom stereocenters. The van der Waals surface area contributed by atoms with Gasteiger partial charge in [-0.2, -0.15) is 0 Å². The fourth-order valence-electron chi connectivity index (χ4n) is 3.82. The smallest absolute Gasteiger partial charge is 0.437 e. The van der Waals surface area contributed by atoms with Crippen LogP contribution in [0, 0.1) is 0 Å². The maximum absolute atomic E-state index is 12.7. The average molecular weight is 480 g/mol. The fraction of sp³-hybridized carbons (Fsp3) is 0.0370. The zero-order valence-corrected chi connectivity index (χ0v) is 19.1. The molecular formula is C27H20N4O5. The van der Waals surface area contributed by atoms with Crippen LogP contribution in [-0.4, -0.2) is 29.1 Å². The predicted molar refractivity (Wildman–Crippen MR) is 137 cm³/mol. The van der Waals surface area contributed by atoms with Crippen LogP contribution in [0.1, 0.15) is 10.4 Å². The fourth-order valence-corrected chi connectivity index (χ4v) is 3.82. The zero-order valence-electron chi connectivity index (χ0n) is 19.1. The van der Waals surface area contributed by atoms with Crippen molar-refractivity contribution in [1.82, 2.24) is 9.97 Å². The summed E-state index contributed by atoms with van der Waals surface area (Å²) in [5.74, 6) is -0.00635. The summed E-state index contributed by atoms with van der Waals surface area (Å²) >= 11 is 0. The molecule has 0 saturated carbocycles. The molecule has 9 nitrogen and oxygen atoms in total. The van der Waals surface area contributed by atoms with E-state index in [9.17, 15) is 14.4 Å². The predicted octanol–water partition coefficient (Wildman–Crippen LogP) is 5.22. The van der Waals surface area contributed by atoms with Crippen LogP contribution in [0.15, 0.2) is 89.9 Å². The molecule has 0 spiro atoms. The summed E-state index contributed by atoms with van der Waals surface area (Å²) in [7, 11) is 1.21. The van der Waals surface area contributed by atoms with Gasteiger partial charge in [0, 0.05) is 33.9 Å². The number of methoxy groups -OCH3 is 1. The van der Waals surface area contributed by atoms with E-state index in [1.165, 1.54) is 13.2 Å². The molecule has 3 aromatic carbocycles. The highest BCUT2D eigenvalue weighted by molar-refractivity contribution is 6.11. The van der Waals surface area contributed by atoms with E-state index in [2.05, 4.69) is 25.3 Å². The van der Waals surface area contributed by atoms with Crippen molar-refractivity contribution in [2.45, 2.75) is 0 Å². The Morgan fingerprint density at radius 1 is 0.889 bits per heavy atom. The second-order valence-corrected chi connectivity index (χ2v) is 7.82. The molecule has 0 radical (unpaired) electrons. The van der Waals surface area contributed by atoms with Gasteiger partial charge in [0.25, 0.3) is 11.5 Å². The number of aromatic nitrogens is 2. The SMILES string of the molecule is COC(=O)Oc1ccc2c(c1)c(=O)[nH]c1nccc(Nc3ccc(NC(=O)c4ccccc4)cc3)c12. The molecule has 0 aliphatic heterocycles. The first-order valence-corrected chi connectivity index (χ1v) is 11.0. The number of hydrogen-bond acceptors (Lipinski definition) is 7. The van der Waals surface area contributed by atoms with Crippen molar-refractivity contribution in [3.8, 4) is 5.75 Å². The van der Waals surface area contributed by atoms with Gasteiger partial charge >= 0.3 is 6.16 Å². The van der Waals surface area contributed by atoms with Crippen LogP contribution in [0.2, 0.25) is 0 Å². The van der Waals surface area contributed by atoms with Gasteiger partial charge in [-0.25, -0.2) is 9.78 Å². The van der Waals surface area contributed by atoms with Gasteiger partial charge in [-0.15, -0.1) is 0 Å². The first kappa shape index (κ1) is 22.6. The van der Waals surface area contributed by atoms with Crippen LogP contribution in [-0.2, 0) is 4.74 Å². The Bertz CT molecular complexity index is 1650. The second kappa shape index (κ2) is 9.59. The van der Waals surface area contributed by atoms with Crippen molar-refractivity contribution < 1.29 is 19.1 Å². The molecular weight excluding hydrogens is 460 g/mol. The number of hydrogen-bond donors (Lipinski definition) is 3. The lowest BCUT2D eigenvalue weighted by atomic mass is 10.1. The summed E-state index contributed by atoms with van der Waals surface area (Å²) in [5, 5.41) is 7.88. The lowest BCUT2D eigenvalue weighted by molar-refractivity contribution is 0.102. The number of carbonyl (C=O) groups excluding carboxylic acids is 2. The van der Waals surface area contributed by atoms with Crippen molar-refractivity contribution in [3.63, 3.8) is 0 Å². The molecule has 0 aliphatic rings. The minimum Gasteiger partial charge on any atom is -0.437 e. The van der Waals surface area contributed by atoms with Crippen LogP contribution >= 0.6 is 0 Å². The van der Waals surface area contributed by atoms with E-state index in [0.717, 1.165) is 5.69 Å². The lowest BCUT2D eigenvalue weighted by Gasteiger charge is -2.13. The highest BCUT2D eigenvalue weighted by Crippen LogP contribution is 2.31. The number of anilines is 3. The molecule has 178 valence electrons. The van der Waals surface area contributed by atoms with E-state index in [-0.39, 0.29) is 17.2 Å². The molecule has 3 N–H and O–H groups in total. The number of rotatable bonds is 5. The van der Waals surface area contributed by atoms with E-state index < -0.39 is 6.16 Å². The minimum absolute atomic E-state index is 0.186. The number of nitrogens with zero attached hydrogens (tertiary/aromatic N) is 1. The average Bonchev–Trinajstić information content (AvgIpc) is 2.90. The quantitative estimate of drug-likeness (QED) is 0.179. The Morgan fingerprint density at radius 2 is 1.64 bits per heavy atom. The molecule has 0 unspecified atom stereocenters. The van der Waals surface area contributed by atoms with Crippen LogP contribution in [0.5, 0.6) is 5.75 Å². The van der Waals surface area contributed by atoms with E-state index >= 15 is 0 Å². The molecule has 5 aromatic rings. The number of nitrogens with one attached hydrogen (secondary N) is 3. The van der Waals surface area contributed by atoms with E-state index in [0.29, 0.717) is 38.7 Å². The number of carbonyl (C=O) groups is 2. The van der Waals surface area contributed by atoms with Gasteiger partial charge in [-0.1, -0.05) is 18.2 Å². The van der Waals surface area contributed by atoms with Crippen molar-refractivity contribution in [3.05, 3.63) is 101 Å². The second-order valence-electron chi connectivity index (χ2n) is 7.82. The monoisotopic (exact) mass is 480 g/mol. The molecule has 0 fully saturated rings. The van der Waals surface area contributed by atoms with Gasteiger partial charge < -0.3 is 25.1 Å². The first-order valence-electron chi connectivity index (χ1n) is 11.0. The number of fused-ring (bicyclic) bond motifs is 3. The van der Waals surface area contributed by atoms with Gasteiger partial charge in [0.1, 0.15) is 11.4 Å². The normalized spacial score (nSPS) is 10.7. The van der Waals surface area contributed by atoms with Gasteiger partial charge in [-0.3, -0.25) is 9.59 Å². The Kier molecular flexibility index (Phi) is 6.02. The summed E-state index contributed by atoms with van der Waals surface area (Å²) < 4.78 is 9.57. The summed E-state index contributed by atoms with van der Waals surface area (Å²) in [4.78, 5) is 43.6. The molecule has 9 heteroatoms. The molecule has 0 saturated heterocycles. The van der Waals surface area contributed by atoms with Crippen molar-refractivity contribution in [2.75, 3.05) is 17.7 Å². The Labute approximate surface area is 204 Å². The molecule has 5 rings (SSSR count). The Balaban J connectivity index is 1.45. The molecule has 0 bridgehead atoms. The summed E-state index contributed by atoms with van der Waals surface area (Å²) in [5.41, 5.74) is 2.75. The highest BCUT2D eigenvalue weighted by atomic mass is 16.7. The molecule has 36 heavy (non-hydrogen) atoms. The number of benzene rings is 3.